The van der Waals surface area contributed by atoms with Gasteiger partial charge in [0.05, 0.1) is 11.5 Å². The van der Waals surface area contributed by atoms with Crippen molar-refractivity contribution in [3.8, 4) is 6.07 Å². The normalized spacial score (nSPS) is 51.6. The van der Waals surface area contributed by atoms with Crippen molar-refractivity contribution in [1.82, 2.24) is 0 Å². The maximum absolute atomic E-state index is 14.3. The molecule has 5 aliphatic rings. The lowest BCUT2D eigenvalue weighted by atomic mass is 9.33. The number of carbonyl (C=O) groups is 3. The van der Waals surface area contributed by atoms with Crippen molar-refractivity contribution >= 4 is 17.5 Å². The fraction of sp³-hybridized carbons (Fsp3) is 0.806. The van der Waals surface area contributed by atoms with Crippen LogP contribution in [-0.4, -0.2) is 22.6 Å². The van der Waals surface area contributed by atoms with Gasteiger partial charge in [0.25, 0.3) is 0 Å². The van der Waals surface area contributed by atoms with Gasteiger partial charge in [-0.05, 0) is 97.9 Å². The molecule has 0 aliphatic heterocycles. The number of carboxylic acids is 1. The zero-order valence-electron chi connectivity index (χ0n) is 23.2. The first-order valence-electron chi connectivity index (χ1n) is 13.9. The van der Waals surface area contributed by atoms with Crippen molar-refractivity contribution in [3.63, 3.8) is 0 Å². The van der Waals surface area contributed by atoms with E-state index in [9.17, 15) is 24.8 Å². The number of ketones is 2. The zero-order valence-corrected chi connectivity index (χ0v) is 23.2. The lowest BCUT2D eigenvalue weighted by Crippen LogP contribution is -2.67. The molecule has 5 nitrogen and oxygen atoms in total. The predicted octanol–water partition coefficient (Wildman–Crippen LogP) is 6.37. The third-order valence-electron chi connectivity index (χ3n) is 13.0. The minimum absolute atomic E-state index is 0.0238. The first kappa shape index (κ1) is 25.7. The van der Waals surface area contributed by atoms with Gasteiger partial charge in [0, 0.05) is 11.3 Å². The van der Waals surface area contributed by atoms with Gasteiger partial charge in [-0.25, -0.2) is 0 Å². The van der Waals surface area contributed by atoms with Crippen LogP contribution in [0.15, 0.2) is 11.6 Å². The molecule has 0 radical (unpaired) electrons. The van der Waals surface area contributed by atoms with Crippen molar-refractivity contribution in [2.24, 2.45) is 56.2 Å². The van der Waals surface area contributed by atoms with E-state index in [1.807, 2.05) is 26.8 Å². The van der Waals surface area contributed by atoms with Crippen LogP contribution >= 0.6 is 0 Å². The van der Waals surface area contributed by atoms with E-state index >= 15 is 0 Å². The molecule has 5 rings (SSSR count). The second-order valence-corrected chi connectivity index (χ2v) is 15.0. The van der Waals surface area contributed by atoms with Crippen molar-refractivity contribution in [3.05, 3.63) is 11.6 Å². The lowest BCUT2D eigenvalue weighted by molar-refractivity contribution is -0.191. The molecule has 5 aliphatic carbocycles. The molecular formula is C31H43NO4. The fourth-order valence-electron chi connectivity index (χ4n) is 10.5. The van der Waals surface area contributed by atoms with Crippen LogP contribution in [0, 0.1) is 67.5 Å². The summed E-state index contributed by atoms with van der Waals surface area (Å²) in [5.41, 5.74) is -1.08. The minimum Gasteiger partial charge on any atom is -0.481 e. The topological polar surface area (TPSA) is 95.2 Å². The molecule has 0 bridgehead atoms. The molecule has 0 aromatic rings. The van der Waals surface area contributed by atoms with Gasteiger partial charge in [0.1, 0.15) is 5.92 Å². The molecule has 9 atom stereocenters. The highest BCUT2D eigenvalue weighted by Crippen LogP contribution is 2.75. The number of carbonyl (C=O) groups excluding carboxylic acids is 2. The Hall–Kier alpha value is -1.96. The fourth-order valence-corrected chi connectivity index (χ4v) is 10.5. The molecule has 4 saturated carbocycles. The van der Waals surface area contributed by atoms with E-state index in [2.05, 4.69) is 33.8 Å². The van der Waals surface area contributed by atoms with Gasteiger partial charge in [-0.15, -0.1) is 0 Å². The third-order valence-corrected chi connectivity index (χ3v) is 13.0. The van der Waals surface area contributed by atoms with Gasteiger partial charge in [-0.3, -0.25) is 14.4 Å². The lowest BCUT2D eigenvalue weighted by Gasteiger charge is -2.70. The first-order chi connectivity index (χ1) is 16.5. The highest BCUT2D eigenvalue weighted by Gasteiger charge is 2.71. The molecule has 196 valence electrons. The molecule has 0 saturated heterocycles. The third kappa shape index (κ3) is 2.91. The molecule has 0 heterocycles. The average molecular weight is 494 g/mol. The first-order valence-corrected chi connectivity index (χ1v) is 13.9. The molecule has 0 amide bonds. The SMILES string of the molecule is CC1(C(=O)O)CC[C@]2(C)CC[C@]3(C)C(=CC(=O)[C@@H]4[C@@]5(C)CC(C#N)C(=O)C(C)(C)C5CC[C@]43C)[C@@H]2C1. The predicted molar refractivity (Wildman–Crippen MR) is 137 cm³/mol. The summed E-state index contributed by atoms with van der Waals surface area (Å²) in [5.74, 6) is -1.29. The summed E-state index contributed by atoms with van der Waals surface area (Å²) in [5, 5.41) is 20.0. The summed E-state index contributed by atoms with van der Waals surface area (Å²) in [4.78, 5) is 39.8. The van der Waals surface area contributed by atoms with Gasteiger partial charge in [-0.2, -0.15) is 5.26 Å². The number of carboxylic acid groups (broad SMARTS) is 1. The minimum atomic E-state index is -0.762. The van der Waals surface area contributed by atoms with Crippen LogP contribution in [-0.2, 0) is 14.4 Å². The number of rotatable bonds is 1. The van der Waals surface area contributed by atoms with Gasteiger partial charge in [-0.1, -0.05) is 47.1 Å². The van der Waals surface area contributed by atoms with Gasteiger partial charge >= 0.3 is 5.97 Å². The van der Waals surface area contributed by atoms with Crippen molar-refractivity contribution in [2.75, 3.05) is 0 Å². The van der Waals surface area contributed by atoms with E-state index < -0.39 is 28.1 Å². The number of fused-ring (bicyclic) bond motifs is 7. The van der Waals surface area contributed by atoms with E-state index in [1.54, 1.807) is 0 Å². The molecule has 1 N–H and O–H groups in total. The van der Waals surface area contributed by atoms with Crippen LogP contribution in [0.5, 0.6) is 0 Å². The summed E-state index contributed by atoms with van der Waals surface area (Å²) >= 11 is 0. The number of hydrogen-bond acceptors (Lipinski definition) is 4. The number of nitriles is 1. The summed E-state index contributed by atoms with van der Waals surface area (Å²) < 4.78 is 0. The highest BCUT2D eigenvalue weighted by atomic mass is 16.4. The Morgan fingerprint density at radius 3 is 2.22 bits per heavy atom. The van der Waals surface area contributed by atoms with E-state index in [0.717, 1.165) is 32.1 Å². The summed E-state index contributed by atoms with van der Waals surface area (Å²) in [6.45, 7) is 15.0. The number of Topliss-reactive ketones (excluding diaryl/α,β-unsaturated/α-hetero) is 1. The Kier molecular flexibility index (Phi) is 5.23. The Morgan fingerprint density at radius 1 is 0.972 bits per heavy atom. The highest BCUT2D eigenvalue weighted by molar-refractivity contribution is 5.97. The van der Waals surface area contributed by atoms with Crippen molar-refractivity contribution in [1.29, 1.82) is 5.26 Å². The smallest absolute Gasteiger partial charge is 0.309 e. The number of hydrogen-bond donors (Lipinski definition) is 1. The van der Waals surface area contributed by atoms with Gasteiger partial charge in [0.2, 0.25) is 0 Å². The standard InChI is InChI=1S/C31H43NO4/c1-26(2)22-8-9-31(7)23(29(22,5)15-18(17-32)24(26)34)21(33)14-19-20-16-28(4,25(35)36)11-10-27(20,3)12-13-30(19,31)6/h14,18,20,22-23H,8-13,15-16H2,1-7H3,(H,35,36)/t18?,20-,22?,23+,27+,28?,29-,30+,31+/m0/s1. The Labute approximate surface area is 216 Å². The summed E-state index contributed by atoms with van der Waals surface area (Å²) in [7, 11) is 0. The second-order valence-electron chi connectivity index (χ2n) is 15.0. The van der Waals surface area contributed by atoms with Crippen LogP contribution in [0.2, 0.25) is 0 Å². The van der Waals surface area contributed by atoms with E-state index in [4.69, 9.17) is 0 Å². The molecule has 36 heavy (non-hydrogen) atoms. The molecule has 0 spiro atoms. The Bertz CT molecular complexity index is 1130. The van der Waals surface area contributed by atoms with E-state index in [0.29, 0.717) is 19.3 Å². The number of nitrogens with zero attached hydrogens (tertiary/aromatic N) is 1. The molecule has 0 aromatic heterocycles. The van der Waals surface area contributed by atoms with Gasteiger partial charge in [0.15, 0.2) is 11.6 Å². The van der Waals surface area contributed by atoms with E-state index in [-0.39, 0.29) is 45.6 Å². The molecule has 0 aromatic carbocycles. The molecule has 5 heteroatoms. The summed E-state index contributed by atoms with van der Waals surface area (Å²) in [6.07, 6.45) is 8.35. The Morgan fingerprint density at radius 2 is 1.61 bits per heavy atom. The maximum Gasteiger partial charge on any atom is 0.309 e. The van der Waals surface area contributed by atoms with Crippen molar-refractivity contribution < 1.29 is 19.5 Å². The maximum atomic E-state index is 14.3. The second kappa shape index (κ2) is 7.33. The van der Waals surface area contributed by atoms with E-state index in [1.165, 1.54) is 5.57 Å². The molecule has 4 fully saturated rings. The average Bonchev–Trinajstić information content (AvgIpc) is 2.78. The van der Waals surface area contributed by atoms with Crippen LogP contribution < -0.4 is 0 Å². The molecular weight excluding hydrogens is 450 g/mol. The molecule has 3 unspecified atom stereocenters. The van der Waals surface area contributed by atoms with Crippen LogP contribution in [0.4, 0.5) is 0 Å². The number of aliphatic carboxylic acids is 1. The van der Waals surface area contributed by atoms with Crippen molar-refractivity contribution in [2.45, 2.75) is 99.8 Å². The summed E-state index contributed by atoms with van der Waals surface area (Å²) in [6, 6.07) is 2.29. The van der Waals surface area contributed by atoms with Crippen LogP contribution in [0.1, 0.15) is 99.8 Å². The number of allylic oxidation sites excluding steroid dienone is 2. The van der Waals surface area contributed by atoms with Gasteiger partial charge < -0.3 is 5.11 Å². The monoisotopic (exact) mass is 493 g/mol. The Balaban J connectivity index is 1.65. The quantitative estimate of drug-likeness (QED) is 0.458. The largest absolute Gasteiger partial charge is 0.481 e. The van der Waals surface area contributed by atoms with Crippen LogP contribution in [0.3, 0.4) is 0 Å². The van der Waals surface area contributed by atoms with Crippen LogP contribution in [0.25, 0.3) is 0 Å². The zero-order chi connectivity index (χ0) is 26.7.